The molecule has 1 rings (SSSR count). The van der Waals surface area contributed by atoms with Crippen molar-refractivity contribution < 1.29 is 0 Å². The van der Waals surface area contributed by atoms with Crippen molar-refractivity contribution >= 4 is 0 Å². The summed E-state index contributed by atoms with van der Waals surface area (Å²) in [6.07, 6.45) is 24.0. The maximum atomic E-state index is 2.35. The Morgan fingerprint density at radius 1 is 0.429 bits per heavy atom. The summed E-state index contributed by atoms with van der Waals surface area (Å²) in [5.74, 6) is 0. The first-order valence-electron chi connectivity index (χ1n) is 5.97. The van der Waals surface area contributed by atoms with Gasteiger partial charge in [-0.05, 0) is 51.4 Å². The Kier molecular flexibility index (Phi) is 7.10. The third-order valence-corrected chi connectivity index (χ3v) is 2.53. The molecule has 0 aromatic heterocycles. The smallest absolute Gasteiger partial charge is 0.0347 e. The van der Waals surface area contributed by atoms with E-state index in [-0.39, 0.29) is 0 Å². The van der Waals surface area contributed by atoms with Crippen molar-refractivity contribution in [1.29, 1.82) is 0 Å². The molecule has 78 valence electrons. The van der Waals surface area contributed by atoms with E-state index in [2.05, 4.69) is 36.5 Å². The van der Waals surface area contributed by atoms with Gasteiger partial charge in [-0.25, -0.2) is 0 Å². The molecule has 1 aliphatic carbocycles. The summed E-state index contributed by atoms with van der Waals surface area (Å²) in [6, 6.07) is 0. The second-order valence-electron chi connectivity index (χ2n) is 3.90. The molecule has 0 saturated heterocycles. The van der Waals surface area contributed by atoms with Gasteiger partial charge in [-0.15, -0.1) is 0 Å². The number of hydrogen-bond donors (Lipinski definition) is 0. The number of allylic oxidation sites excluding steroid dienone is 6. The maximum Gasteiger partial charge on any atom is -0.0347 e. The van der Waals surface area contributed by atoms with Crippen LogP contribution < -0.4 is 0 Å². The Morgan fingerprint density at radius 3 is 1.21 bits per heavy atom. The van der Waals surface area contributed by atoms with Crippen LogP contribution in [-0.4, -0.2) is 0 Å². The Balaban J connectivity index is 2.25. The molecular weight excluding hydrogens is 168 g/mol. The van der Waals surface area contributed by atoms with Crippen LogP contribution in [0.2, 0.25) is 0 Å². The predicted octanol–water partition coefficient (Wildman–Crippen LogP) is 4.79. The first-order valence-corrected chi connectivity index (χ1v) is 5.97. The molecule has 0 N–H and O–H groups in total. The SMILES string of the molecule is C1=CCCCC/C=C/CCCCC=C1. The van der Waals surface area contributed by atoms with Gasteiger partial charge in [0, 0.05) is 0 Å². The van der Waals surface area contributed by atoms with Gasteiger partial charge in [0.15, 0.2) is 0 Å². The highest BCUT2D eigenvalue weighted by Gasteiger charge is 1.86. The highest BCUT2D eigenvalue weighted by molar-refractivity contribution is 5.02. The molecule has 0 nitrogen and oxygen atoms in total. The summed E-state index contributed by atoms with van der Waals surface area (Å²) in [5, 5.41) is 0. The zero-order valence-electron chi connectivity index (χ0n) is 9.12. The lowest BCUT2D eigenvalue weighted by Crippen LogP contribution is -1.75. The largest absolute Gasteiger partial charge is 0.0885 e. The van der Waals surface area contributed by atoms with Crippen LogP contribution in [0, 0.1) is 0 Å². The second kappa shape index (κ2) is 8.80. The van der Waals surface area contributed by atoms with E-state index in [1.807, 2.05) is 0 Å². The van der Waals surface area contributed by atoms with E-state index in [9.17, 15) is 0 Å². The maximum absolute atomic E-state index is 2.35. The van der Waals surface area contributed by atoms with Crippen LogP contribution >= 0.6 is 0 Å². The van der Waals surface area contributed by atoms with Crippen LogP contribution in [-0.2, 0) is 0 Å². The van der Waals surface area contributed by atoms with Crippen LogP contribution in [0.15, 0.2) is 36.5 Å². The molecule has 0 radical (unpaired) electrons. The fraction of sp³-hybridized carbons (Fsp3) is 0.571. The molecule has 14 heavy (non-hydrogen) atoms. The monoisotopic (exact) mass is 190 g/mol. The number of rotatable bonds is 0. The second-order valence-corrected chi connectivity index (χ2v) is 3.90. The van der Waals surface area contributed by atoms with Gasteiger partial charge in [0.2, 0.25) is 0 Å². The van der Waals surface area contributed by atoms with Gasteiger partial charge in [-0.1, -0.05) is 36.5 Å². The van der Waals surface area contributed by atoms with E-state index in [0.29, 0.717) is 0 Å². The Bertz CT molecular complexity index is 174. The predicted molar refractivity (Wildman–Crippen MR) is 64.4 cm³/mol. The van der Waals surface area contributed by atoms with Crippen LogP contribution in [0.3, 0.4) is 0 Å². The van der Waals surface area contributed by atoms with Crippen molar-refractivity contribution in [2.45, 2.75) is 51.4 Å². The molecule has 0 spiro atoms. The van der Waals surface area contributed by atoms with Crippen LogP contribution in [0.4, 0.5) is 0 Å². The fourth-order valence-corrected chi connectivity index (χ4v) is 1.63. The molecule has 0 aromatic rings. The van der Waals surface area contributed by atoms with Gasteiger partial charge in [0.25, 0.3) is 0 Å². The summed E-state index contributed by atoms with van der Waals surface area (Å²) in [5.41, 5.74) is 0. The summed E-state index contributed by atoms with van der Waals surface area (Å²) in [4.78, 5) is 0. The Morgan fingerprint density at radius 2 is 0.786 bits per heavy atom. The average Bonchev–Trinajstić information content (AvgIpc) is 2.22. The van der Waals surface area contributed by atoms with E-state index < -0.39 is 0 Å². The lowest BCUT2D eigenvalue weighted by Gasteiger charge is -1.95. The zero-order chi connectivity index (χ0) is 9.90. The van der Waals surface area contributed by atoms with Gasteiger partial charge >= 0.3 is 0 Å². The molecular formula is C14H22. The lowest BCUT2D eigenvalue weighted by molar-refractivity contribution is 0.744. The van der Waals surface area contributed by atoms with E-state index in [4.69, 9.17) is 0 Å². The number of hydrogen-bond acceptors (Lipinski definition) is 0. The minimum atomic E-state index is 1.23. The average molecular weight is 190 g/mol. The van der Waals surface area contributed by atoms with Crippen molar-refractivity contribution in [3.63, 3.8) is 0 Å². The highest BCUT2D eigenvalue weighted by Crippen LogP contribution is 2.06. The molecule has 0 fully saturated rings. The Labute approximate surface area is 88.4 Å². The molecule has 0 aliphatic heterocycles. The highest BCUT2D eigenvalue weighted by atomic mass is 13.9. The van der Waals surface area contributed by atoms with Crippen molar-refractivity contribution in [3.8, 4) is 0 Å². The van der Waals surface area contributed by atoms with Crippen LogP contribution in [0.25, 0.3) is 0 Å². The minimum absolute atomic E-state index is 1.23. The first-order chi connectivity index (χ1) is 7.00. The summed E-state index contributed by atoms with van der Waals surface area (Å²) in [6.45, 7) is 0. The van der Waals surface area contributed by atoms with Gasteiger partial charge in [-0.3, -0.25) is 0 Å². The normalized spacial score (nSPS) is 22.9. The molecule has 0 heteroatoms. The van der Waals surface area contributed by atoms with E-state index >= 15 is 0 Å². The van der Waals surface area contributed by atoms with E-state index in [1.54, 1.807) is 0 Å². The molecule has 0 saturated carbocycles. The van der Waals surface area contributed by atoms with Gasteiger partial charge in [0.1, 0.15) is 0 Å². The molecule has 0 bridgehead atoms. The quantitative estimate of drug-likeness (QED) is 0.482. The first kappa shape index (κ1) is 11.3. The fourth-order valence-electron chi connectivity index (χ4n) is 1.63. The molecule has 0 atom stereocenters. The topological polar surface area (TPSA) is 0 Å². The van der Waals surface area contributed by atoms with Crippen molar-refractivity contribution in [2.24, 2.45) is 0 Å². The zero-order valence-corrected chi connectivity index (χ0v) is 9.12. The van der Waals surface area contributed by atoms with Gasteiger partial charge < -0.3 is 0 Å². The van der Waals surface area contributed by atoms with Crippen LogP contribution in [0.5, 0.6) is 0 Å². The lowest BCUT2D eigenvalue weighted by atomic mass is 10.1. The standard InChI is InChI=1S/C14H22/c1-2-4-6-8-10-12-14-13-11-9-7-5-3-1/h1-4,13-14H,5-12H2/b3-1?,4-2?,14-13+. The van der Waals surface area contributed by atoms with Crippen molar-refractivity contribution in [3.05, 3.63) is 36.5 Å². The summed E-state index contributed by atoms with van der Waals surface area (Å²) >= 11 is 0. The molecule has 0 unspecified atom stereocenters. The minimum Gasteiger partial charge on any atom is -0.0885 e. The molecule has 1 aliphatic rings. The van der Waals surface area contributed by atoms with E-state index in [0.717, 1.165) is 0 Å². The summed E-state index contributed by atoms with van der Waals surface area (Å²) < 4.78 is 0. The van der Waals surface area contributed by atoms with Gasteiger partial charge in [-0.2, -0.15) is 0 Å². The Hall–Kier alpha value is -0.780. The van der Waals surface area contributed by atoms with Gasteiger partial charge in [0.05, 0.1) is 0 Å². The molecule has 0 heterocycles. The van der Waals surface area contributed by atoms with Crippen molar-refractivity contribution in [1.82, 2.24) is 0 Å². The third-order valence-electron chi connectivity index (χ3n) is 2.53. The van der Waals surface area contributed by atoms with Crippen LogP contribution in [0.1, 0.15) is 51.4 Å². The summed E-state index contributed by atoms with van der Waals surface area (Å²) in [7, 11) is 0. The molecule has 0 amide bonds. The van der Waals surface area contributed by atoms with E-state index in [1.165, 1.54) is 51.4 Å². The van der Waals surface area contributed by atoms with Crippen molar-refractivity contribution in [2.75, 3.05) is 0 Å². The molecule has 0 aromatic carbocycles. The third kappa shape index (κ3) is 6.71.